The lowest BCUT2D eigenvalue weighted by Crippen LogP contribution is -2.12. The largest absolute Gasteiger partial charge is 0.433 e. The number of hydrogen-bond donors (Lipinski definition) is 1. The zero-order valence-corrected chi connectivity index (χ0v) is 10.2. The number of halogens is 3. The second-order valence-corrected chi connectivity index (χ2v) is 4.38. The summed E-state index contributed by atoms with van der Waals surface area (Å²) in [6.45, 7) is 0.585. The van der Waals surface area contributed by atoms with Crippen LogP contribution in [0.25, 0.3) is 0 Å². The van der Waals surface area contributed by atoms with Gasteiger partial charge in [0.25, 0.3) is 0 Å². The summed E-state index contributed by atoms with van der Waals surface area (Å²) < 4.78 is 37.0. The average molecular weight is 265 g/mol. The van der Waals surface area contributed by atoms with Crippen LogP contribution in [0.2, 0.25) is 0 Å². The van der Waals surface area contributed by atoms with Crippen LogP contribution < -0.4 is 5.32 Å². The summed E-state index contributed by atoms with van der Waals surface area (Å²) in [5.41, 5.74) is -0.917. The van der Waals surface area contributed by atoms with Crippen molar-refractivity contribution in [1.29, 1.82) is 0 Å². The summed E-state index contributed by atoms with van der Waals surface area (Å²) in [7, 11) is 0. The number of nitrogens with one attached hydrogen (secondary N) is 1. The topological polar surface area (TPSA) is 37.8 Å². The number of thioether (sulfide) groups is 1. The Hall–Kier alpha value is -0.980. The Bertz CT molecular complexity index is 344. The highest BCUT2D eigenvalue weighted by Gasteiger charge is 2.32. The second kappa shape index (κ2) is 6.68. The summed E-state index contributed by atoms with van der Waals surface area (Å²) >= 11 is 1.75. The van der Waals surface area contributed by atoms with Crippen molar-refractivity contribution in [2.24, 2.45) is 0 Å². The smallest absolute Gasteiger partial charge is 0.354 e. The average Bonchev–Trinajstić information content (AvgIpc) is 2.28. The third-order valence-corrected chi connectivity index (χ3v) is 2.70. The third-order valence-electron chi connectivity index (χ3n) is 2.00. The zero-order chi connectivity index (χ0) is 12.7. The fourth-order valence-corrected chi connectivity index (χ4v) is 1.67. The minimum absolute atomic E-state index is 0.0315. The van der Waals surface area contributed by atoms with E-state index in [1.54, 1.807) is 11.8 Å². The van der Waals surface area contributed by atoms with Gasteiger partial charge >= 0.3 is 6.18 Å². The highest BCUT2D eigenvalue weighted by atomic mass is 32.2. The number of alkyl halides is 3. The van der Waals surface area contributed by atoms with Crippen molar-refractivity contribution in [3.8, 4) is 0 Å². The molecule has 0 unspecified atom stereocenters. The number of hydrogen-bond acceptors (Lipinski definition) is 4. The molecule has 3 nitrogen and oxygen atoms in total. The van der Waals surface area contributed by atoms with Crippen LogP contribution in [-0.4, -0.2) is 28.5 Å². The van der Waals surface area contributed by atoms with Crippen LogP contribution >= 0.6 is 11.8 Å². The molecule has 0 saturated carbocycles. The van der Waals surface area contributed by atoms with E-state index in [-0.39, 0.29) is 5.95 Å². The Kier molecular flexibility index (Phi) is 5.54. The molecule has 0 saturated heterocycles. The SMILES string of the molecule is CSCCCCNc1nccc(C(F)(F)F)n1. The van der Waals surface area contributed by atoms with Gasteiger partial charge in [-0.05, 0) is 30.9 Å². The second-order valence-electron chi connectivity index (χ2n) is 3.39. The lowest BCUT2D eigenvalue weighted by molar-refractivity contribution is -0.141. The fourth-order valence-electron chi connectivity index (χ4n) is 1.17. The molecule has 0 aliphatic rings. The predicted octanol–water partition coefficient (Wildman–Crippen LogP) is 3.05. The molecule has 1 heterocycles. The Balaban J connectivity index is 2.44. The van der Waals surface area contributed by atoms with E-state index in [4.69, 9.17) is 0 Å². The van der Waals surface area contributed by atoms with Crippen LogP contribution in [0.15, 0.2) is 12.3 Å². The van der Waals surface area contributed by atoms with Crippen molar-refractivity contribution < 1.29 is 13.2 Å². The first-order valence-corrected chi connectivity index (χ1v) is 6.56. The van der Waals surface area contributed by atoms with E-state index < -0.39 is 11.9 Å². The number of unbranched alkanes of at least 4 members (excludes halogenated alkanes) is 1. The van der Waals surface area contributed by atoms with Gasteiger partial charge in [-0.3, -0.25) is 0 Å². The van der Waals surface area contributed by atoms with Gasteiger partial charge in [0.15, 0.2) is 0 Å². The van der Waals surface area contributed by atoms with Gasteiger partial charge in [-0.2, -0.15) is 24.9 Å². The van der Waals surface area contributed by atoms with Crippen LogP contribution in [0, 0.1) is 0 Å². The number of rotatable bonds is 6. The van der Waals surface area contributed by atoms with Crippen LogP contribution in [-0.2, 0) is 6.18 Å². The van der Waals surface area contributed by atoms with Crippen LogP contribution in [0.3, 0.4) is 0 Å². The molecule has 0 radical (unpaired) electrons. The molecule has 0 aliphatic heterocycles. The predicted molar refractivity (Wildman–Crippen MR) is 63.1 cm³/mol. The van der Waals surface area contributed by atoms with Crippen molar-refractivity contribution in [1.82, 2.24) is 9.97 Å². The number of aromatic nitrogens is 2. The molecule has 0 aliphatic carbocycles. The van der Waals surface area contributed by atoms with E-state index in [9.17, 15) is 13.2 Å². The summed E-state index contributed by atoms with van der Waals surface area (Å²) in [5, 5.41) is 2.78. The standard InChI is InChI=1S/C10H14F3N3S/c1-17-7-3-2-5-14-9-15-6-4-8(16-9)10(11,12)13/h4,6H,2-3,5,7H2,1H3,(H,14,15,16). The van der Waals surface area contributed by atoms with Gasteiger partial charge in [0.1, 0.15) is 5.69 Å². The molecule has 0 spiro atoms. The van der Waals surface area contributed by atoms with Crippen molar-refractivity contribution in [2.45, 2.75) is 19.0 Å². The lowest BCUT2D eigenvalue weighted by Gasteiger charge is -2.08. The molecule has 1 aromatic heterocycles. The maximum atomic E-state index is 12.3. The van der Waals surface area contributed by atoms with Gasteiger partial charge in [-0.15, -0.1) is 0 Å². The van der Waals surface area contributed by atoms with E-state index >= 15 is 0 Å². The number of nitrogens with zero attached hydrogens (tertiary/aromatic N) is 2. The monoisotopic (exact) mass is 265 g/mol. The van der Waals surface area contributed by atoms with E-state index in [0.29, 0.717) is 6.54 Å². The molecule has 0 bridgehead atoms. The molecule has 1 aromatic rings. The first-order valence-electron chi connectivity index (χ1n) is 5.17. The van der Waals surface area contributed by atoms with Crippen molar-refractivity contribution in [3.05, 3.63) is 18.0 Å². The summed E-state index contributed by atoms with van der Waals surface area (Å²) in [6, 6.07) is 0.860. The maximum absolute atomic E-state index is 12.3. The molecule has 0 atom stereocenters. The van der Waals surface area contributed by atoms with Crippen molar-refractivity contribution in [2.75, 3.05) is 23.9 Å². The van der Waals surface area contributed by atoms with E-state index in [0.717, 1.165) is 30.9 Å². The van der Waals surface area contributed by atoms with Crippen LogP contribution in [0.4, 0.5) is 19.1 Å². The minimum Gasteiger partial charge on any atom is -0.354 e. The quantitative estimate of drug-likeness (QED) is 0.802. The third kappa shape index (κ3) is 5.25. The maximum Gasteiger partial charge on any atom is 0.433 e. The molecular weight excluding hydrogens is 251 g/mol. The Morgan fingerprint density at radius 1 is 1.35 bits per heavy atom. The fraction of sp³-hybridized carbons (Fsp3) is 0.600. The van der Waals surface area contributed by atoms with Gasteiger partial charge in [0, 0.05) is 12.7 Å². The molecule has 1 rings (SSSR count). The van der Waals surface area contributed by atoms with Gasteiger partial charge < -0.3 is 5.32 Å². The van der Waals surface area contributed by atoms with E-state index in [2.05, 4.69) is 15.3 Å². The van der Waals surface area contributed by atoms with Gasteiger partial charge in [-0.25, -0.2) is 9.97 Å². The Labute approximate surface area is 102 Å². The summed E-state index contributed by atoms with van der Waals surface area (Å²) in [6.07, 6.45) is 0.620. The summed E-state index contributed by atoms with van der Waals surface area (Å²) in [4.78, 5) is 7.15. The summed E-state index contributed by atoms with van der Waals surface area (Å²) in [5.74, 6) is 1.08. The molecular formula is C10H14F3N3S. The highest BCUT2D eigenvalue weighted by molar-refractivity contribution is 7.98. The molecule has 7 heteroatoms. The first kappa shape index (κ1) is 14.1. The Morgan fingerprint density at radius 2 is 2.12 bits per heavy atom. The molecule has 1 N–H and O–H groups in total. The van der Waals surface area contributed by atoms with Crippen molar-refractivity contribution >= 4 is 17.7 Å². The highest BCUT2D eigenvalue weighted by Crippen LogP contribution is 2.27. The van der Waals surface area contributed by atoms with Gasteiger partial charge in [-0.1, -0.05) is 0 Å². The normalized spacial score (nSPS) is 11.5. The minimum atomic E-state index is -4.42. The molecule has 0 aromatic carbocycles. The van der Waals surface area contributed by atoms with Crippen molar-refractivity contribution in [3.63, 3.8) is 0 Å². The van der Waals surface area contributed by atoms with Crippen LogP contribution in [0.5, 0.6) is 0 Å². The molecule has 96 valence electrons. The molecule has 0 fully saturated rings. The van der Waals surface area contributed by atoms with Gasteiger partial charge in [0.05, 0.1) is 0 Å². The lowest BCUT2D eigenvalue weighted by atomic mass is 10.3. The number of anilines is 1. The molecule has 17 heavy (non-hydrogen) atoms. The van der Waals surface area contributed by atoms with Crippen LogP contribution in [0.1, 0.15) is 18.5 Å². The zero-order valence-electron chi connectivity index (χ0n) is 9.42. The molecule has 0 amide bonds. The van der Waals surface area contributed by atoms with E-state index in [1.807, 2.05) is 6.26 Å². The van der Waals surface area contributed by atoms with Gasteiger partial charge in [0.2, 0.25) is 5.95 Å². The Morgan fingerprint density at radius 3 is 2.76 bits per heavy atom. The van der Waals surface area contributed by atoms with E-state index in [1.165, 1.54) is 0 Å². The first-order chi connectivity index (χ1) is 8.04.